The second-order valence-electron chi connectivity index (χ2n) is 3.47. The molecule has 0 amide bonds. The molecule has 1 aromatic rings. The molecule has 80 valence electrons. The van der Waals surface area contributed by atoms with Crippen LogP contribution < -0.4 is 11.5 Å². The van der Waals surface area contributed by atoms with E-state index in [4.69, 9.17) is 11.5 Å². The van der Waals surface area contributed by atoms with E-state index in [1.165, 1.54) is 0 Å². The third kappa shape index (κ3) is 2.39. The zero-order valence-corrected chi connectivity index (χ0v) is 9.58. The first-order valence-corrected chi connectivity index (χ1v) is 5.51. The van der Waals surface area contributed by atoms with Crippen LogP contribution in [0.5, 0.6) is 0 Å². The summed E-state index contributed by atoms with van der Waals surface area (Å²) in [6, 6.07) is 0.275. The molecule has 1 atom stereocenters. The summed E-state index contributed by atoms with van der Waals surface area (Å²) in [4.78, 5) is 0. The average molecular weight is 215 g/mol. The van der Waals surface area contributed by atoms with Crippen molar-refractivity contribution in [2.75, 3.05) is 12.3 Å². The molecule has 0 aliphatic rings. The highest BCUT2D eigenvalue weighted by molar-refractivity contribution is 7.99. The quantitative estimate of drug-likeness (QED) is 0.728. The van der Waals surface area contributed by atoms with Gasteiger partial charge >= 0.3 is 0 Å². The van der Waals surface area contributed by atoms with E-state index in [0.717, 1.165) is 5.16 Å². The lowest BCUT2D eigenvalue weighted by Crippen LogP contribution is -2.14. The highest BCUT2D eigenvalue weighted by Crippen LogP contribution is 2.25. The first kappa shape index (κ1) is 11.3. The fourth-order valence-corrected chi connectivity index (χ4v) is 2.04. The maximum absolute atomic E-state index is 5.70. The number of nitrogens with zero attached hydrogens (tertiary/aromatic N) is 3. The summed E-state index contributed by atoms with van der Waals surface area (Å²) in [5, 5.41) is 9.05. The lowest BCUT2D eigenvalue weighted by molar-refractivity contribution is 0.556. The molecule has 1 heterocycles. The van der Waals surface area contributed by atoms with Gasteiger partial charge in [-0.15, -0.1) is 10.2 Å². The SMILES string of the molecule is CC(CN)Sc1nnc(N)n1C(C)C. The van der Waals surface area contributed by atoms with Gasteiger partial charge in [-0.05, 0) is 13.8 Å². The van der Waals surface area contributed by atoms with Crippen LogP contribution in [0.3, 0.4) is 0 Å². The van der Waals surface area contributed by atoms with Gasteiger partial charge < -0.3 is 11.5 Å². The van der Waals surface area contributed by atoms with Crippen LogP contribution in [-0.2, 0) is 0 Å². The molecule has 1 unspecified atom stereocenters. The highest BCUT2D eigenvalue weighted by atomic mass is 32.2. The van der Waals surface area contributed by atoms with Crippen molar-refractivity contribution in [3.63, 3.8) is 0 Å². The van der Waals surface area contributed by atoms with Crippen molar-refractivity contribution < 1.29 is 0 Å². The minimum atomic E-state index is 0.275. The zero-order chi connectivity index (χ0) is 10.7. The molecule has 0 spiro atoms. The van der Waals surface area contributed by atoms with Gasteiger partial charge in [-0.1, -0.05) is 18.7 Å². The van der Waals surface area contributed by atoms with Crippen molar-refractivity contribution in [3.05, 3.63) is 0 Å². The first-order valence-electron chi connectivity index (χ1n) is 4.63. The van der Waals surface area contributed by atoms with Crippen LogP contribution in [0.2, 0.25) is 0 Å². The van der Waals surface area contributed by atoms with Crippen LogP contribution in [0.25, 0.3) is 0 Å². The van der Waals surface area contributed by atoms with Crippen LogP contribution in [0, 0.1) is 0 Å². The molecule has 0 aromatic carbocycles. The number of thioether (sulfide) groups is 1. The number of aromatic nitrogens is 3. The fourth-order valence-electron chi connectivity index (χ4n) is 1.08. The van der Waals surface area contributed by atoms with Crippen LogP contribution in [0.4, 0.5) is 5.95 Å². The van der Waals surface area contributed by atoms with Crippen molar-refractivity contribution in [3.8, 4) is 0 Å². The van der Waals surface area contributed by atoms with E-state index in [2.05, 4.69) is 31.0 Å². The Bertz CT molecular complexity index is 296. The van der Waals surface area contributed by atoms with Crippen LogP contribution >= 0.6 is 11.8 Å². The Balaban J connectivity index is 2.86. The molecule has 5 nitrogen and oxygen atoms in total. The van der Waals surface area contributed by atoms with Crippen molar-refractivity contribution in [2.45, 2.75) is 37.2 Å². The molecule has 1 aromatic heterocycles. The zero-order valence-electron chi connectivity index (χ0n) is 8.77. The highest BCUT2D eigenvalue weighted by Gasteiger charge is 2.14. The van der Waals surface area contributed by atoms with Crippen molar-refractivity contribution in [2.24, 2.45) is 5.73 Å². The smallest absolute Gasteiger partial charge is 0.222 e. The monoisotopic (exact) mass is 215 g/mol. The minimum absolute atomic E-state index is 0.275. The molecule has 0 aliphatic heterocycles. The predicted octanol–water partition coefficient (Wildman–Crippen LogP) is 0.881. The van der Waals surface area contributed by atoms with Gasteiger partial charge in [0.05, 0.1) is 0 Å². The van der Waals surface area contributed by atoms with E-state index in [1.807, 2.05) is 4.57 Å². The van der Waals surface area contributed by atoms with Crippen LogP contribution in [0.15, 0.2) is 5.16 Å². The largest absolute Gasteiger partial charge is 0.368 e. The predicted molar refractivity (Wildman–Crippen MR) is 59.2 cm³/mol. The van der Waals surface area contributed by atoms with E-state index < -0.39 is 0 Å². The average Bonchev–Trinajstić information content (AvgIpc) is 2.46. The second-order valence-corrected chi connectivity index (χ2v) is 4.87. The summed E-state index contributed by atoms with van der Waals surface area (Å²) in [6.45, 7) is 6.78. The summed E-state index contributed by atoms with van der Waals surface area (Å²) < 4.78 is 1.91. The fraction of sp³-hybridized carbons (Fsp3) is 0.750. The van der Waals surface area contributed by atoms with Crippen LogP contribution in [0.1, 0.15) is 26.8 Å². The van der Waals surface area contributed by atoms with Gasteiger partial charge in [0.1, 0.15) is 0 Å². The van der Waals surface area contributed by atoms with Crippen molar-refractivity contribution in [1.29, 1.82) is 0 Å². The Morgan fingerprint density at radius 2 is 2.00 bits per heavy atom. The van der Waals surface area contributed by atoms with Gasteiger partial charge in [-0.2, -0.15) is 0 Å². The first-order chi connectivity index (χ1) is 6.56. The van der Waals surface area contributed by atoms with Gasteiger partial charge in [0, 0.05) is 17.8 Å². The Morgan fingerprint density at radius 1 is 1.36 bits per heavy atom. The summed E-state index contributed by atoms with van der Waals surface area (Å²) in [5.74, 6) is 0.465. The van der Waals surface area contributed by atoms with E-state index in [-0.39, 0.29) is 6.04 Å². The second kappa shape index (κ2) is 4.65. The maximum Gasteiger partial charge on any atom is 0.222 e. The summed E-state index contributed by atoms with van der Waals surface area (Å²) in [7, 11) is 0. The molecule has 0 saturated carbocycles. The third-order valence-corrected chi connectivity index (χ3v) is 2.93. The normalized spacial score (nSPS) is 13.5. The molecular weight excluding hydrogens is 198 g/mol. The van der Waals surface area contributed by atoms with Gasteiger partial charge in [-0.25, -0.2) is 0 Å². The molecule has 0 fully saturated rings. The lowest BCUT2D eigenvalue weighted by Gasteiger charge is -2.13. The molecule has 6 heteroatoms. The van der Waals surface area contributed by atoms with Crippen molar-refractivity contribution in [1.82, 2.24) is 14.8 Å². The molecule has 1 rings (SSSR count). The van der Waals surface area contributed by atoms with Gasteiger partial charge in [0.25, 0.3) is 0 Å². The number of nitrogens with two attached hydrogens (primary N) is 2. The number of rotatable bonds is 4. The van der Waals surface area contributed by atoms with E-state index >= 15 is 0 Å². The van der Waals surface area contributed by atoms with E-state index in [0.29, 0.717) is 17.7 Å². The topological polar surface area (TPSA) is 82.8 Å². The molecule has 4 N–H and O–H groups in total. The Morgan fingerprint density at radius 3 is 2.50 bits per heavy atom. The van der Waals surface area contributed by atoms with Gasteiger partial charge in [-0.3, -0.25) is 4.57 Å². The van der Waals surface area contributed by atoms with Gasteiger partial charge in [0.2, 0.25) is 5.95 Å². The number of nitrogen functional groups attached to an aromatic ring is 1. The molecule has 0 saturated heterocycles. The lowest BCUT2D eigenvalue weighted by atomic mass is 10.4. The standard InChI is InChI=1S/C8H17N5S/c1-5(2)13-7(10)11-12-8(13)14-6(3)4-9/h5-6H,4,9H2,1-3H3,(H2,10,11). The molecule has 0 radical (unpaired) electrons. The number of hydrogen-bond donors (Lipinski definition) is 2. The van der Waals surface area contributed by atoms with E-state index in [1.54, 1.807) is 11.8 Å². The Labute approximate surface area is 88.3 Å². The molecule has 14 heavy (non-hydrogen) atoms. The Hall–Kier alpha value is -0.750. The number of hydrogen-bond acceptors (Lipinski definition) is 5. The third-order valence-electron chi connectivity index (χ3n) is 1.85. The molecular formula is C8H17N5S. The molecule has 0 bridgehead atoms. The Kier molecular flexibility index (Phi) is 3.77. The van der Waals surface area contributed by atoms with Crippen molar-refractivity contribution >= 4 is 17.7 Å². The molecule has 0 aliphatic carbocycles. The minimum Gasteiger partial charge on any atom is -0.368 e. The van der Waals surface area contributed by atoms with Crippen LogP contribution in [-0.4, -0.2) is 26.6 Å². The van der Waals surface area contributed by atoms with Gasteiger partial charge in [0.15, 0.2) is 5.16 Å². The summed E-state index contributed by atoms with van der Waals surface area (Å²) >= 11 is 1.60. The van der Waals surface area contributed by atoms with E-state index in [9.17, 15) is 0 Å². The summed E-state index contributed by atoms with van der Waals surface area (Å²) in [5.41, 5.74) is 11.2. The maximum atomic E-state index is 5.70. The number of anilines is 1. The summed E-state index contributed by atoms with van der Waals surface area (Å²) in [6.07, 6.45) is 0.